The second-order valence-corrected chi connectivity index (χ2v) is 6.33. The first-order chi connectivity index (χ1) is 8.99. The third-order valence-corrected chi connectivity index (χ3v) is 4.68. The van der Waals surface area contributed by atoms with Gasteiger partial charge in [0, 0.05) is 37.6 Å². The minimum absolute atomic E-state index is 0.698. The lowest BCUT2D eigenvalue weighted by Gasteiger charge is -2.20. The molecular formula is C16H29N3. The highest BCUT2D eigenvalue weighted by molar-refractivity contribution is 5.26. The van der Waals surface area contributed by atoms with Crippen LogP contribution < -0.4 is 5.32 Å². The topological polar surface area (TPSA) is 20.2 Å². The number of aryl methyl sites for hydroxylation is 1. The number of hydrogen-bond donors (Lipinski definition) is 1. The zero-order valence-corrected chi connectivity index (χ0v) is 13.2. The molecule has 0 bridgehead atoms. The van der Waals surface area contributed by atoms with E-state index in [2.05, 4.69) is 55.6 Å². The Hall–Kier alpha value is -0.800. The lowest BCUT2D eigenvalue weighted by atomic mass is 10.1. The molecule has 1 fully saturated rings. The summed E-state index contributed by atoms with van der Waals surface area (Å²) in [5, 5.41) is 3.64. The second kappa shape index (κ2) is 6.10. The minimum atomic E-state index is 0.698. The van der Waals surface area contributed by atoms with Crippen molar-refractivity contribution in [1.82, 2.24) is 14.8 Å². The lowest BCUT2D eigenvalue weighted by Crippen LogP contribution is -2.30. The summed E-state index contributed by atoms with van der Waals surface area (Å²) in [7, 11) is 2.14. The molecule has 0 radical (unpaired) electrons. The van der Waals surface area contributed by atoms with E-state index in [0.717, 1.165) is 19.0 Å². The van der Waals surface area contributed by atoms with Crippen molar-refractivity contribution in [3.63, 3.8) is 0 Å². The van der Waals surface area contributed by atoms with Gasteiger partial charge in [-0.25, -0.2) is 0 Å². The van der Waals surface area contributed by atoms with Crippen LogP contribution in [-0.4, -0.2) is 35.1 Å². The monoisotopic (exact) mass is 263 g/mol. The Morgan fingerprint density at radius 1 is 1.37 bits per heavy atom. The predicted octanol–water partition coefficient (Wildman–Crippen LogP) is 2.46. The predicted molar refractivity (Wildman–Crippen MR) is 81.4 cm³/mol. The van der Waals surface area contributed by atoms with E-state index >= 15 is 0 Å². The molecule has 3 nitrogen and oxygen atoms in total. The Morgan fingerprint density at radius 3 is 2.63 bits per heavy atom. The van der Waals surface area contributed by atoms with Gasteiger partial charge in [-0.2, -0.15) is 0 Å². The minimum Gasteiger partial charge on any atom is -0.352 e. The average molecular weight is 263 g/mol. The van der Waals surface area contributed by atoms with Gasteiger partial charge >= 0.3 is 0 Å². The average Bonchev–Trinajstić information content (AvgIpc) is 2.92. The van der Waals surface area contributed by atoms with Crippen LogP contribution in [0.4, 0.5) is 0 Å². The number of aromatic nitrogens is 1. The summed E-state index contributed by atoms with van der Waals surface area (Å²) in [4.78, 5) is 2.59. The molecule has 1 aliphatic heterocycles. The fourth-order valence-corrected chi connectivity index (χ4v) is 3.02. The van der Waals surface area contributed by atoms with Gasteiger partial charge in [-0.05, 0) is 64.8 Å². The molecule has 2 rings (SSSR count). The van der Waals surface area contributed by atoms with Crippen LogP contribution in [-0.2, 0) is 13.6 Å². The van der Waals surface area contributed by atoms with Crippen molar-refractivity contribution in [2.75, 3.05) is 19.6 Å². The van der Waals surface area contributed by atoms with E-state index < -0.39 is 0 Å². The van der Waals surface area contributed by atoms with Crippen molar-refractivity contribution in [2.24, 2.45) is 13.0 Å². The molecule has 1 atom stereocenters. The first kappa shape index (κ1) is 14.6. The standard InChI is InChI=1S/C16H29N3/c1-12(2)19-7-6-15(11-19)9-17-10-16-8-13(3)18(5)14(16)4/h8,12,15,17H,6-7,9-11H2,1-5H3. The van der Waals surface area contributed by atoms with Gasteiger partial charge in [-0.3, -0.25) is 0 Å². The summed E-state index contributed by atoms with van der Waals surface area (Å²) < 4.78 is 2.27. The maximum Gasteiger partial charge on any atom is 0.0223 e. The molecule has 1 N–H and O–H groups in total. The summed E-state index contributed by atoms with van der Waals surface area (Å²) in [6.45, 7) is 13.7. The molecule has 0 saturated carbocycles. The summed E-state index contributed by atoms with van der Waals surface area (Å²) in [5.41, 5.74) is 4.18. The fraction of sp³-hybridized carbons (Fsp3) is 0.750. The Balaban J connectivity index is 1.77. The van der Waals surface area contributed by atoms with Gasteiger partial charge in [0.2, 0.25) is 0 Å². The van der Waals surface area contributed by atoms with Crippen LogP contribution in [0.2, 0.25) is 0 Å². The van der Waals surface area contributed by atoms with E-state index in [1.54, 1.807) is 0 Å². The molecule has 1 unspecified atom stereocenters. The molecular weight excluding hydrogens is 234 g/mol. The normalized spacial score (nSPS) is 20.6. The molecule has 2 heterocycles. The third kappa shape index (κ3) is 3.40. The van der Waals surface area contributed by atoms with E-state index in [9.17, 15) is 0 Å². The van der Waals surface area contributed by atoms with Crippen LogP contribution in [0, 0.1) is 19.8 Å². The smallest absolute Gasteiger partial charge is 0.0223 e. The quantitative estimate of drug-likeness (QED) is 0.880. The molecule has 1 saturated heterocycles. The number of nitrogens with zero attached hydrogens (tertiary/aromatic N) is 2. The number of rotatable bonds is 5. The molecule has 0 aliphatic carbocycles. The fourth-order valence-electron chi connectivity index (χ4n) is 3.02. The van der Waals surface area contributed by atoms with Crippen LogP contribution in [0.5, 0.6) is 0 Å². The van der Waals surface area contributed by atoms with Gasteiger partial charge < -0.3 is 14.8 Å². The van der Waals surface area contributed by atoms with Crippen molar-refractivity contribution in [3.8, 4) is 0 Å². The SMILES string of the molecule is Cc1cc(CNCC2CCN(C(C)C)C2)c(C)n1C. The van der Waals surface area contributed by atoms with Crippen LogP contribution in [0.1, 0.15) is 37.2 Å². The summed E-state index contributed by atoms with van der Waals surface area (Å²) in [6.07, 6.45) is 1.35. The highest BCUT2D eigenvalue weighted by atomic mass is 15.2. The third-order valence-electron chi connectivity index (χ3n) is 4.68. The van der Waals surface area contributed by atoms with Gasteiger partial charge in [-0.15, -0.1) is 0 Å². The maximum absolute atomic E-state index is 3.64. The van der Waals surface area contributed by atoms with Gasteiger partial charge in [0.15, 0.2) is 0 Å². The van der Waals surface area contributed by atoms with Gasteiger partial charge in [0.05, 0.1) is 0 Å². The van der Waals surface area contributed by atoms with Gasteiger partial charge in [0.1, 0.15) is 0 Å². The number of nitrogens with one attached hydrogen (secondary N) is 1. The van der Waals surface area contributed by atoms with Crippen molar-refractivity contribution in [3.05, 3.63) is 23.0 Å². The van der Waals surface area contributed by atoms with Crippen molar-refractivity contribution >= 4 is 0 Å². The second-order valence-electron chi connectivity index (χ2n) is 6.33. The molecule has 19 heavy (non-hydrogen) atoms. The van der Waals surface area contributed by atoms with E-state index in [-0.39, 0.29) is 0 Å². The number of likely N-dealkylation sites (tertiary alicyclic amines) is 1. The highest BCUT2D eigenvalue weighted by Crippen LogP contribution is 2.18. The van der Waals surface area contributed by atoms with Crippen molar-refractivity contribution < 1.29 is 0 Å². The number of hydrogen-bond acceptors (Lipinski definition) is 2. The van der Waals surface area contributed by atoms with Crippen molar-refractivity contribution in [1.29, 1.82) is 0 Å². The molecule has 1 aromatic heterocycles. The Bertz CT molecular complexity index is 420. The van der Waals surface area contributed by atoms with E-state index in [4.69, 9.17) is 0 Å². The largest absolute Gasteiger partial charge is 0.352 e. The molecule has 3 heteroatoms. The molecule has 0 spiro atoms. The highest BCUT2D eigenvalue weighted by Gasteiger charge is 2.23. The van der Waals surface area contributed by atoms with Crippen LogP contribution in [0.15, 0.2) is 6.07 Å². The summed E-state index contributed by atoms with van der Waals surface area (Å²) in [5.74, 6) is 0.826. The lowest BCUT2D eigenvalue weighted by molar-refractivity contribution is 0.264. The molecule has 0 amide bonds. The van der Waals surface area contributed by atoms with E-state index in [1.807, 2.05) is 0 Å². The van der Waals surface area contributed by atoms with Gasteiger partial charge in [0.25, 0.3) is 0 Å². The molecule has 1 aromatic rings. The zero-order valence-electron chi connectivity index (χ0n) is 13.2. The van der Waals surface area contributed by atoms with E-state index in [0.29, 0.717) is 6.04 Å². The van der Waals surface area contributed by atoms with Gasteiger partial charge in [-0.1, -0.05) is 0 Å². The first-order valence-electron chi connectivity index (χ1n) is 7.55. The van der Waals surface area contributed by atoms with Crippen molar-refractivity contribution in [2.45, 2.75) is 46.7 Å². The Labute approximate surface area is 118 Å². The Kier molecular flexibility index (Phi) is 4.69. The molecule has 0 aromatic carbocycles. The molecule has 1 aliphatic rings. The Morgan fingerprint density at radius 2 is 2.11 bits per heavy atom. The van der Waals surface area contributed by atoms with Crippen LogP contribution >= 0.6 is 0 Å². The summed E-state index contributed by atoms with van der Waals surface area (Å²) >= 11 is 0. The van der Waals surface area contributed by atoms with Crippen LogP contribution in [0.25, 0.3) is 0 Å². The zero-order chi connectivity index (χ0) is 14.0. The molecule has 108 valence electrons. The van der Waals surface area contributed by atoms with E-state index in [1.165, 1.54) is 36.5 Å². The first-order valence-corrected chi connectivity index (χ1v) is 7.55. The van der Waals surface area contributed by atoms with Crippen LogP contribution in [0.3, 0.4) is 0 Å². The summed E-state index contributed by atoms with van der Waals surface area (Å²) in [6, 6.07) is 3.00. The maximum atomic E-state index is 3.64.